The summed E-state index contributed by atoms with van der Waals surface area (Å²) in [5, 5.41) is 9.60. The summed E-state index contributed by atoms with van der Waals surface area (Å²) in [7, 11) is 0. The molecule has 3 rings (SSSR count). The smallest absolute Gasteiger partial charge is 0.345 e. The minimum atomic E-state index is -0.421. The molecule has 0 aliphatic carbocycles. The molecule has 0 atom stereocenters. The van der Waals surface area contributed by atoms with Crippen LogP contribution < -0.4 is 11.4 Å². The molecule has 110 valence electrons. The number of phenols is 1. The van der Waals surface area contributed by atoms with Crippen LogP contribution in [0.3, 0.4) is 0 Å². The van der Waals surface area contributed by atoms with E-state index in [1.54, 1.807) is 43.3 Å². The van der Waals surface area contributed by atoms with Crippen molar-refractivity contribution >= 4 is 5.69 Å². The first kappa shape index (κ1) is 13.9. The lowest BCUT2D eigenvalue weighted by Crippen LogP contribution is -2.12. The maximum atomic E-state index is 11.8. The molecule has 5 nitrogen and oxygen atoms in total. The quantitative estimate of drug-likeness (QED) is 0.633. The van der Waals surface area contributed by atoms with Crippen molar-refractivity contribution in [1.29, 1.82) is 0 Å². The van der Waals surface area contributed by atoms with Gasteiger partial charge in [-0.1, -0.05) is 12.1 Å². The van der Waals surface area contributed by atoms with Crippen LogP contribution in [0, 0.1) is 6.92 Å². The summed E-state index contributed by atoms with van der Waals surface area (Å²) in [6.45, 7) is 1.80. The third-order valence-electron chi connectivity index (χ3n) is 3.46. The second-order valence-electron chi connectivity index (χ2n) is 5.11. The number of aromatic hydroxyl groups is 1. The van der Waals surface area contributed by atoms with Gasteiger partial charge in [-0.15, -0.1) is 0 Å². The van der Waals surface area contributed by atoms with Crippen LogP contribution in [-0.4, -0.2) is 15.1 Å². The number of anilines is 1. The molecular formula is C17H15N3O2. The molecule has 0 radical (unpaired) electrons. The number of benzene rings is 2. The second kappa shape index (κ2) is 5.37. The number of nitrogens with one attached hydrogen (secondary N) is 1. The molecule has 3 aromatic rings. The van der Waals surface area contributed by atoms with Crippen molar-refractivity contribution in [2.45, 2.75) is 6.92 Å². The minimum absolute atomic E-state index is 0.215. The molecule has 0 aliphatic heterocycles. The highest BCUT2D eigenvalue weighted by Gasteiger charge is 2.07. The first-order chi connectivity index (χ1) is 10.5. The van der Waals surface area contributed by atoms with E-state index in [-0.39, 0.29) is 5.75 Å². The van der Waals surface area contributed by atoms with Gasteiger partial charge >= 0.3 is 5.69 Å². The van der Waals surface area contributed by atoms with Gasteiger partial charge in [0, 0.05) is 11.3 Å². The number of aromatic amines is 1. The Balaban J connectivity index is 2.12. The highest BCUT2D eigenvalue weighted by Crippen LogP contribution is 2.26. The summed E-state index contributed by atoms with van der Waals surface area (Å²) < 4.78 is 0. The number of phenolic OH excluding ortho intramolecular Hbond substituents is 1. The number of nitrogens with zero attached hydrogens (tertiary/aromatic N) is 1. The van der Waals surface area contributed by atoms with Crippen molar-refractivity contribution in [3.05, 3.63) is 64.6 Å². The topological polar surface area (TPSA) is 92.0 Å². The van der Waals surface area contributed by atoms with Gasteiger partial charge in [0.05, 0.1) is 11.4 Å². The Labute approximate surface area is 127 Å². The summed E-state index contributed by atoms with van der Waals surface area (Å²) >= 11 is 0. The molecule has 0 spiro atoms. The highest BCUT2D eigenvalue weighted by molar-refractivity contribution is 5.69. The average molecular weight is 293 g/mol. The average Bonchev–Trinajstić information content (AvgIpc) is 2.50. The van der Waals surface area contributed by atoms with Crippen LogP contribution in [0.25, 0.3) is 22.5 Å². The molecule has 0 saturated carbocycles. The van der Waals surface area contributed by atoms with Crippen molar-refractivity contribution in [2.75, 3.05) is 5.73 Å². The molecule has 0 bridgehead atoms. The van der Waals surface area contributed by atoms with Crippen molar-refractivity contribution < 1.29 is 5.11 Å². The van der Waals surface area contributed by atoms with E-state index in [9.17, 15) is 9.90 Å². The predicted octanol–water partition coefficient (Wildman–Crippen LogP) is 2.70. The second-order valence-corrected chi connectivity index (χ2v) is 5.11. The number of aromatic nitrogens is 2. The van der Waals surface area contributed by atoms with Crippen LogP contribution in [0.5, 0.6) is 5.75 Å². The number of nitrogen functional groups attached to an aromatic ring is 1. The zero-order chi connectivity index (χ0) is 15.7. The SMILES string of the molecule is Cc1cc(-c2cc(-c3ccc(N)cc3)[nH]c(=O)n2)ccc1O. The molecule has 1 heterocycles. The molecule has 0 aliphatic rings. The molecule has 22 heavy (non-hydrogen) atoms. The molecule has 0 saturated heterocycles. The lowest BCUT2D eigenvalue weighted by molar-refractivity contribution is 0.471. The molecule has 0 fully saturated rings. The van der Waals surface area contributed by atoms with Gasteiger partial charge in [0.25, 0.3) is 0 Å². The van der Waals surface area contributed by atoms with Gasteiger partial charge in [-0.05, 0) is 54.4 Å². The van der Waals surface area contributed by atoms with Crippen molar-refractivity contribution in [3.8, 4) is 28.3 Å². The van der Waals surface area contributed by atoms with Crippen molar-refractivity contribution in [1.82, 2.24) is 9.97 Å². The third kappa shape index (κ3) is 2.69. The van der Waals surface area contributed by atoms with Gasteiger partial charge < -0.3 is 15.8 Å². The third-order valence-corrected chi connectivity index (χ3v) is 3.46. The summed E-state index contributed by atoms with van der Waals surface area (Å²) in [5.74, 6) is 0.215. The van der Waals surface area contributed by atoms with Gasteiger partial charge in [0.2, 0.25) is 0 Å². The Bertz CT molecular complexity index is 883. The van der Waals surface area contributed by atoms with Crippen molar-refractivity contribution in [3.63, 3.8) is 0 Å². The van der Waals surface area contributed by atoms with Gasteiger partial charge in [-0.25, -0.2) is 4.79 Å². The monoisotopic (exact) mass is 293 g/mol. The Hall–Kier alpha value is -3.08. The molecule has 5 heteroatoms. The fraction of sp³-hybridized carbons (Fsp3) is 0.0588. The Morgan fingerprint density at radius 1 is 1.05 bits per heavy atom. The van der Waals surface area contributed by atoms with Crippen LogP contribution in [0.2, 0.25) is 0 Å². The number of nitrogens with two attached hydrogens (primary N) is 1. The normalized spacial score (nSPS) is 10.6. The number of hydrogen-bond acceptors (Lipinski definition) is 4. The molecule has 0 unspecified atom stereocenters. The number of rotatable bonds is 2. The van der Waals surface area contributed by atoms with Crippen LogP contribution in [0.15, 0.2) is 53.3 Å². The fourth-order valence-corrected chi connectivity index (χ4v) is 2.24. The zero-order valence-corrected chi connectivity index (χ0v) is 12.0. The lowest BCUT2D eigenvalue weighted by atomic mass is 10.1. The van der Waals surface area contributed by atoms with Crippen LogP contribution in [-0.2, 0) is 0 Å². The van der Waals surface area contributed by atoms with E-state index >= 15 is 0 Å². The summed E-state index contributed by atoms with van der Waals surface area (Å²) in [4.78, 5) is 18.6. The first-order valence-electron chi connectivity index (χ1n) is 6.80. The highest BCUT2D eigenvalue weighted by atomic mass is 16.3. The summed E-state index contributed by atoms with van der Waals surface area (Å²) in [6.07, 6.45) is 0. The van der Waals surface area contributed by atoms with E-state index in [0.717, 1.165) is 16.7 Å². The maximum absolute atomic E-state index is 11.8. The zero-order valence-electron chi connectivity index (χ0n) is 12.0. The predicted molar refractivity (Wildman–Crippen MR) is 86.5 cm³/mol. The first-order valence-corrected chi connectivity index (χ1v) is 6.80. The van der Waals surface area contributed by atoms with E-state index in [1.165, 1.54) is 0 Å². The lowest BCUT2D eigenvalue weighted by Gasteiger charge is -2.07. The summed E-state index contributed by atoms with van der Waals surface area (Å²) in [5.41, 5.74) is 9.50. The van der Waals surface area contributed by atoms with E-state index in [1.807, 2.05) is 12.1 Å². The standard InChI is InChI=1S/C17H15N3O2/c1-10-8-12(4-7-16(10)21)15-9-14(19-17(22)20-15)11-2-5-13(18)6-3-11/h2-9,21H,18H2,1H3,(H,19,20,22). The molecule has 2 aromatic carbocycles. The van der Waals surface area contributed by atoms with Gasteiger partial charge in [-0.3, -0.25) is 0 Å². The largest absolute Gasteiger partial charge is 0.508 e. The van der Waals surface area contributed by atoms with Gasteiger partial charge in [-0.2, -0.15) is 4.98 Å². The maximum Gasteiger partial charge on any atom is 0.345 e. The molecule has 0 amide bonds. The van der Waals surface area contributed by atoms with Crippen molar-refractivity contribution in [2.24, 2.45) is 0 Å². The van der Waals surface area contributed by atoms with E-state index in [0.29, 0.717) is 17.1 Å². The number of aryl methyl sites for hydroxylation is 1. The number of H-pyrrole nitrogens is 1. The number of hydrogen-bond donors (Lipinski definition) is 3. The van der Waals surface area contributed by atoms with Crippen LogP contribution in [0.1, 0.15) is 5.56 Å². The molecule has 1 aromatic heterocycles. The Morgan fingerprint density at radius 2 is 1.73 bits per heavy atom. The van der Waals surface area contributed by atoms with E-state index < -0.39 is 5.69 Å². The van der Waals surface area contributed by atoms with E-state index in [2.05, 4.69) is 9.97 Å². The Morgan fingerprint density at radius 3 is 2.41 bits per heavy atom. The van der Waals surface area contributed by atoms with Gasteiger partial charge in [0.1, 0.15) is 5.75 Å². The van der Waals surface area contributed by atoms with Gasteiger partial charge in [0.15, 0.2) is 0 Å². The van der Waals surface area contributed by atoms with Crippen LogP contribution >= 0.6 is 0 Å². The fourth-order valence-electron chi connectivity index (χ4n) is 2.24. The van der Waals surface area contributed by atoms with E-state index in [4.69, 9.17) is 5.73 Å². The van der Waals surface area contributed by atoms with Crippen LogP contribution in [0.4, 0.5) is 5.69 Å². The Kier molecular flexibility index (Phi) is 3.39. The molecule has 4 N–H and O–H groups in total. The molecular weight excluding hydrogens is 278 g/mol. The minimum Gasteiger partial charge on any atom is -0.508 e. The summed E-state index contributed by atoms with van der Waals surface area (Å²) in [6, 6.07) is 14.2.